The Balaban J connectivity index is 1.75. The lowest BCUT2D eigenvalue weighted by molar-refractivity contribution is 0.544. The molecular formula is C14H18BrN3. The van der Waals surface area contributed by atoms with Crippen LogP contribution in [0, 0.1) is 0 Å². The molecule has 2 aliphatic rings. The van der Waals surface area contributed by atoms with E-state index in [0.717, 1.165) is 31.8 Å². The minimum atomic E-state index is 0.407. The third kappa shape index (κ3) is 2.39. The Morgan fingerprint density at radius 1 is 1.39 bits per heavy atom. The van der Waals surface area contributed by atoms with Crippen molar-refractivity contribution < 1.29 is 0 Å². The summed E-state index contributed by atoms with van der Waals surface area (Å²) in [6.07, 6.45) is 3.43. The second-order valence-corrected chi connectivity index (χ2v) is 6.06. The maximum Gasteiger partial charge on any atom is 0.191 e. The van der Waals surface area contributed by atoms with Crippen molar-refractivity contribution in [1.82, 2.24) is 10.6 Å². The highest BCUT2D eigenvalue weighted by Gasteiger charge is 2.24. The van der Waals surface area contributed by atoms with Gasteiger partial charge in [0.2, 0.25) is 0 Å². The third-order valence-electron chi connectivity index (χ3n) is 3.71. The second-order valence-electron chi connectivity index (χ2n) is 5.14. The Hall–Kier alpha value is -1.03. The van der Waals surface area contributed by atoms with Gasteiger partial charge in [-0.2, -0.15) is 0 Å². The number of fused-ring (bicyclic) bond motifs is 1. The maximum absolute atomic E-state index is 4.52. The van der Waals surface area contributed by atoms with E-state index in [-0.39, 0.29) is 0 Å². The van der Waals surface area contributed by atoms with Gasteiger partial charge in [-0.25, -0.2) is 0 Å². The van der Waals surface area contributed by atoms with E-state index < -0.39 is 0 Å². The molecule has 0 fully saturated rings. The number of guanidine groups is 1. The van der Waals surface area contributed by atoms with Gasteiger partial charge in [-0.05, 0) is 49.4 Å². The molecule has 3 nitrogen and oxygen atoms in total. The van der Waals surface area contributed by atoms with Crippen LogP contribution in [0.3, 0.4) is 0 Å². The maximum atomic E-state index is 4.52. The van der Waals surface area contributed by atoms with Gasteiger partial charge in [0, 0.05) is 17.1 Å². The molecule has 0 radical (unpaired) electrons. The number of aliphatic imine (C=N–C) groups is 1. The van der Waals surface area contributed by atoms with Crippen molar-refractivity contribution in [3.05, 3.63) is 33.8 Å². The summed E-state index contributed by atoms with van der Waals surface area (Å²) in [7, 11) is 0. The Morgan fingerprint density at radius 3 is 3.11 bits per heavy atom. The van der Waals surface area contributed by atoms with Crippen LogP contribution in [0.2, 0.25) is 0 Å². The Morgan fingerprint density at radius 2 is 2.28 bits per heavy atom. The van der Waals surface area contributed by atoms with Gasteiger partial charge in [-0.15, -0.1) is 0 Å². The van der Waals surface area contributed by atoms with Crippen LogP contribution in [0.1, 0.15) is 36.9 Å². The lowest BCUT2D eigenvalue weighted by Crippen LogP contribution is -2.46. The number of nitrogens with zero attached hydrogens (tertiary/aromatic N) is 1. The molecular weight excluding hydrogens is 290 g/mol. The van der Waals surface area contributed by atoms with E-state index in [2.05, 4.69) is 56.7 Å². The van der Waals surface area contributed by atoms with Gasteiger partial charge in [-0.3, -0.25) is 4.99 Å². The standard InChI is InChI=1S/C14H18BrN3/c1-9-6-7-16-14(17-9)18-13-5-2-10-8-11(15)3-4-12(10)13/h3-4,8-9,13H,2,5-7H2,1H3,(H2,16,17,18). The molecule has 0 amide bonds. The molecule has 2 unspecified atom stereocenters. The summed E-state index contributed by atoms with van der Waals surface area (Å²) < 4.78 is 1.17. The molecule has 0 saturated heterocycles. The van der Waals surface area contributed by atoms with Crippen molar-refractivity contribution in [2.45, 2.75) is 38.3 Å². The molecule has 1 aromatic carbocycles. The zero-order chi connectivity index (χ0) is 12.5. The predicted molar refractivity (Wildman–Crippen MR) is 77.9 cm³/mol. The van der Waals surface area contributed by atoms with Gasteiger partial charge >= 0.3 is 0 Å². The van der Waals surface area contributed by atoms with Gasteiger partial charge < -0.3 is 10.6 Å². The SMILES string of the molecule is CC1CCN=C(NC2CCc3cc(Br)ccc32)N1. The fraction of sp³-hybridized carbons (Fsp3) is 0.500. The summed E-state index contributed by atoms with van der Waals surface area (Å²) in [5.41, 5.74) is 2.87. The molecule has 1 heterocycles. The molecule has 96 valence electrons. The van der Waals surface area contributed by atoms with Crippen molar-refractivity contribution in [3.63, 3.8) is 0 Å². The largest absolute Gasteiger partial charge is 0.354 e. The topological polar surface area (TPSA) is 36.4 Å². The van der Waals surface area contributed by atoms with E-state index in [1.165, 1.54) is 15.6 Å². The third-order valence-corrected chi connectivity index (χ3v) is 4.20. The summed E-state index contributed by atoms with van der Waals surface area (Å²) in [5, 5.41) is 6.96. The predicted octanol–water partition coefficient (Wildman–Crippen LogP) is 2.76. The van der Waals surface area contributed by atoms with E-state index >= 15 is 0 Å². The summed E-state index contributed by atoms with van der Waals surface area (Å²) in [5.74, 6) is 0.967. The average Bonchev–Trinajstić information content (AvgIpc) is 2.72. The fourth-order valence-corrected chi connectivity index (χ4v) is 3.12. The average molecular weight is 308 g/mol. The molecule has 18 heavy (non-hydrogen) atoms. The quantitative estimate of drug-likeness (QED) is 0.837. The highest BCUT2D eigenvalue weighted by Crippen LogP contribution is 2.32. The Kier molecular flexibility index (Phi) is 3.29. The molecule has 2 N–H and O–H groups in total. The zero-order valence-corrected chi connectivity index (χ0v) is 12.1. The van der Waals surface area contributed by atoms with Crippen molar-refractivity contribution in [3.8, 4) is 0 Å². The molecule has 0 saturated carbocycles. The van der Waals surface area contributed by atoms with Crippen LogP contribution in [0.4, 0.5) is 0 Å². The molecule has 1 aliphatic heterocycles. The Bertz CT molecular complexity index is 484. The van der Waals surface area contributed by atoms with Crippen LogP contribution < -0.4 is 10.6 Å². The van der Waals surface area contributed by atoms with E-state index in [4.69, 9.17) is 0 Å². The van der Waals surface area contributed by atoms with Crippen LogP contribution in [0.5, 0.6) is 0 Å². The molecule has 1 aromatic rings. The number of rotatable bonds is 1. The fourth-order valence-electron chi connectivity index (χ4n) is 2.71. The molecule has 0 aromatic heterocycles. The number of benzene rings is 1. The lowest BCUT2D eigenvalue weighted by atomic mass is 10.1. The molecule has 4 heteroatoms. The number of hydrogen-bond donors (Lipinski definition) is 2. The number of halogens is 1. The number of nitrogens with one attached hydrogen (secondary N) is 2. The van der Waals surface area contributed by atoms with Gasteiger partial charge in [-0.1, -0.05) is 22.0 Å². The van der Waals surface area contributed by atoms with Crippen molar-refractivity contribution in [2.24, 2.45) is 4.99 Å². The first-order valence-electron chi connectivity index (χ1n) is 6.58. The molecule has 2 atom stereocenters. The second kappa shape index (κ2) is 4.92. The number of aryl methyl sites for hydroxylation is 1. The van der Waals surface area contributed by atoms with Crippen molar-refractivity contribution in [1.29, 1.82) is 0 Å². The normalized spacial score (nSPS) is 26.2. The summed E-state index contributed by atoms with van der Waals surface area (Å²) >= 11 is 3.53. The van der Waals surface area contributed by atoms with Crippen LogP contribution in [0.15, 0.2) is 27.7 Å². The van der Waals surface area contributed by atoms with Gasteiger partial charge in [0.1, 0.15) is 0 Å². The van der Waals surface area contributed by atoms with Crippen molar-refractivity contribution in [2.75, 3.05) is 6.54 Å². The van der Waals surface area contributed by atoms with Gasteiger partial charge in [0.15, 0.2) is 5.96 Å². The minimum Gasteiger partial charge on any atom is -0.354 e. The van der Waals surface area contributed by atoms with E-state index in [1.54, 1.807) is 0 Å². The Labute approximate surface area is 116 Å². The van der Waals surface area contributed by atoms with E-state index in [9.17, 15) is 0 Å². The highest BCUT2D eigenvalue weighted by molar-refractivity contribution is 9.10. The zero-order valence-electron chi connectivity index (χ0n) is 10.5. The molecule has 0 spiro atoms. The highest BCUT2D eigenvalue weighted by atomic mass is 79.9. The van der Waals surface area contributed by atoms with Crippen LogP contribution >= 0.6 is 15.9 Å². The van der Waals surface area contributed by atoms with Crippen LogP contribution in [-0.2, 0) is 6.42 Å². The van der Waals surface area contributed by atoms with E-state index in [1.807, 2.05) is 0 Å². The lowest BCUT2D eigenvalue weighted by Gasteiger charge is -2.25. The minimum absolute atomic E-state index is 0.407. The summed E-state index contributed by atoms with van der Waals surface area (Å²) in [6, 6.07) is 7.50. The van der Waals surface area contributed by atoms with Crippen LogP contribution in [0.25, 0.3) is 0 Å². The first-order chi connectivity index (χ1) is 8.72. The molecule has 3 rings (SSSR count). The molecule has 1 aliphatic carbocycles. The number of hydrogen-bond acceptors (Lipinski definition) is 3. The van der Waals surface area contributed by atoms with Gasteiger partial charge in [0.25, 0.3) is 0 Å². The summed E-state index contributed by atoms with van der Waals surface area (Å²) in [6.45, 7) is 3.13. The van der Waals surface area contributed by atoms with E-state index in [0.29, 0.717) is 12.1 Å². The molecule has 0 bridgehead atoms. The first kappa shape index (κ1) is 12.0. The van der Waals surface area contributed by atoms with Gasteiger partial charge in [0.05, 0.1) is 6.04 Å². The summed E-state index contributed by atoms with van der Waals surface area (Å²) in [4.78, 5) is 4.52. The monoisotopic (exact) mass is 307 g/mol. The van der Waals surface area contributed by atoms with Crippen LogP contribution in [-0.4, -0.2) is 18.5 Å². The smallest absolute Gasteiger partial charge is 0.191 e. The van der Waals surface area contributed by atoms with Crippen molar-refractivity contribution >= 4 is 21.9 Å². The first-order valence-corrected chi connectivity index (χ1v) is 7.37.